The quantitative estimate of drug-likeness (QED) is 0.837. The van der Waals surface area contributed by atoms with Crippen LogP contribution in [0.3, 0.4) is 0 Å². The Balaban J connectivity index is 2.11. The zero-order valence-corrected chi connectivity index (χ0v) is 12.0. The van der Waals surface area contributed by atoms with Crippen LogP contribution in [-0.4, -0.2) is 17.7 Å². The van der Waals surface area contributed by atoms with Crippen molar-refractivity contribution < 1.29 is 23.8 Å². The van der Waals surface area contributed by atoms with Gasteiger partial charge in [0.15, 0.2) is 17.6 Å². The molecule has 1 heterocycles. The van der Waals surface area contributed by atoms with Crippen LogP contribution in [0.25, 0.3) is 0 Å². The van der Waals surface area contributed by atoms with Gasteiger partial charge in [0, 0.05) is 0 Å². The number of carbonyl (C=O) groups is 1. The molecule has 1 aromatic carbocycles. The molecule has 0 spiro atoms. The van der Waals surface area contributed by atoms with Crippen LogP contribution >= 0.6 is 0 Å². The van der Waals surface area contributed by atoms with E-state index in [-0.39, 0.29) is 5.76 Å². The molecule has 1 aromatic heterocycles. The predicted molar refractivity (Wildman–Crippen MR) is 76.9 cm³/mol. The molecular formula is C16H18O5. The standard InChI is InChI=1S/C16H18O5/c1-3-10-19-13-6-4-5-7-14(13)20-11(2)12-8-9-15(21-12)16(17)18/h4-9,11H,3,10H2,1-2H3,(H,17,18). The first-order valence-corrected chi connectivity index (χ1v) is 6.83. The van der Waals surface area contributed by atoms with Crippen LogP contribution < -0.4 is 9.47 Å². The summed E-state index contributed by atoms with van der Waals surface area (Å²) in [6.07, 6.45) is 0.494. The second-order valence-corrected chi connectivity index (χ2v) is 4.56. The van der Waals surface area contributed by atoms with Crippen molar-refractivity contribution in [3.8, 4) is 11.5 Å². The molecule has 0 aliphatic heterocycles. The summed E-state index contributed by atoms with van der Waals surface area (Å²) < 4.78 is 16.7. The number of carboxylic acids is 1. The summed E-state index contributed by atoms with van der Waals surface area (Å²) in [6.45, 7) is 4.43. The normalized spacial score (nSPS) is 11.9. The molecule has 2 rings (SSSR count). The van der Waals surface area contributed by atoms with E-state index in [1.807, 2.05) is 31.2 Å². The Morgan fingerprint density at radius 1 is 1.24 bits per heavy atom. The van der Waals surface area contributed by atoms with Crippen LogP contribution in [0.5, 0.6) is 11.5 Å². The first kappa shape index (κ1) is 15.0. The fourth-order valence-electron chi connectivity index (χ4n) is 1.81. The third-order valence-electron chi connectivity index (χ3n) is 2.85. The van der Waals surface area contributed by atoms with Crippen LogP contribution in [0.15, 0.2) is 40.8 Å². The van der Waals surface area contributed by atoms with Crippen molar-refractivity contribution >= 4 is 5.97 Å². The molecular weight excluding hydrogens is 272 g/mol. The molecule has 0 fully saturated rings. The molecule has 0 bridgehead atoms. The van der Waals surface area contributed by atoms with E-state index in [0.29, 0.717) is 23.9 Å². The van der Waals surface area contributed by atoms with Crippen molar-refractivity contribution in [3.63, 3.8) is 0 Å². The van der Waals surface area contributed by atoms with Crippen molar-refractivity contribution in [1.82, 2.24) is 0 Å². The van der Waals surface area contributed by atoms with Gasteiger partial charge in [0.05, 0.1) is 6.61 Å². The molecule has 0 saturated carbocycles. The molecule has 1 unspecified atom stereocenters. The first-order chi connectivity index (χ1) is 10.1. The van der Waals surface area contributed by atoms with Crippen LogP contribution in [0.2, 0.25) is 0 Å². The van der Waals surface area contributed by atoms with Crippen LogP contribution in [0, 0.1) is 0 Å². The van der Waals surface area contributed by atoms with Gasteiger partial charge in [-0.05, 0) is 37.6 Å². The minimum absolute atomic E-state index is 0.101. The number of hydrogen-bond donors (Lipinski definition) is 1. The van der Waals surface area contributed by atoms with Crippen molar-refractivity contribution in [2.45, 2.75) is 26.4 Å². The third-order valence-corrected chi connectivity index (χ3v) is 2.85. The van der Waals surface area contributed by atoms with Crippen molar-refractivity contribution in [1.29, 1.82) is 0 Å². The molecule has 0 radical (unpaired) electrons. The molecule has 5 nitrogen and oxygen atoms in total. The number of hydrogen-bond acceptors (Lipinski definition) is 4. The summed E-state index contributed by atoms with van der Waals surface area (Å²) in [5, 5.41) is 8.86. The molecule has 112 valence electrons. The molecule has 0 saturated heterocycles. The number of rotatable bonds is 7. The Morgan fingerprint density at radius 3 is 2.57 bits per heavy atom. The maximum Gasteiger partial charge on any atom is 0.371 e. The highest BCUT2D eigenvalue weighted by molar-refractivity contribution is 5.84. The second-order valence-electron chi connectivity index (χ2n) is 4.56. The Hall–Kier alpha value is -2.43. The van der Waals surface area contributed by atoms with Crippen molar-refractivity contribution in [2.24, 2.45) is 0 Å². The number of benzene rings is 1. The lowest BCUT2D eigenvalue weighted by molar-refractivity contribution is 0.0655. The lowest BCUT2D eigenvalue weighted by Gasteiger charge is -2.16. The topological polar surface area (TPSA) is 68.9 Å². The van der Waals surface area contributed by atoms with Gasteiger partial charge in [-0.15, -0.1) is 0 Å². The van der Waals surface area contributed by atoms with Gasteiger partial charge in [-0.1, -0.05) is 19.1 Å². The fraction of sp³-hybridized carbons (Fsp3) is 0.312. The second kappa shape index (κ2) is 6.83. The van der Waals surface area contributed by atoms with Gasteiger partial charge in [0.25, 0.3) is 0 Å². The van der Waals surface area contributed by atoms with E-state index < -0.39 is 12.1 Å². The zero-order chi connectivity index (χ0) is 15.2. The van der Waals surface area contributed by atoms with E-state index in [1.165, 1.54) is 6.07 Å². The molecule has 0 aliphatic carbocycles. The van der Waals surface area contributed by atoms with Gasteiger partial charge in [0.2, 0.25) is 5.76 Å². The number of ether oxygens (including phenoxy) is 2. The van der Waals surface area contributed by atoms with E-state index in [1.54, 1.807) is 13.0 Å². The maximum absolute atomic E-state index is 10.8. The summed E-state index contributed by atoms with van der Waals surface area (Å²) >= 11 is 0. The number of carboxylic acid groups (broad SMARTS) is 1. The average Bonchev–Trinajstić information content (AvgIpc) is 2.96. The van der Waals surface area contributed by atoms with Gasteiger partial charge in [0.1, 0.15) is 5.76 Å². The number of aromatic carboxylic acids is 1. The molecule has 2 aromatic rings. The number of furan rings is 1. The lowest BCUT2D eigenvalue weighted by Crippen LogP contribution is -2.04. The van der Waals surface area contributed by atoms with Gasteiger partial charge < -0.3 is 19.0 Å². The SMILES string of the molecule is CCCOc1ccccc1OC(C)c1ccc(C(=O)O)o1. The zero-order valence-electron chi connectivity index (χ0n) is 12.0. The summed E-state index contributed by atoms with van der Waals surface area (Å²) in [5.41, 5.74) is 0. The molecule has 0 aliphatic rings. The van der Waals surface area contributed by atoms with Gasteiger partial charge in [-0.25, -0.2) is 4.79 Å². The Morgan fingerprint density at radius 2 is 1.95 bits per heavy atom. The van der Waals surface area contributed by atoms with Crippen LogP contribution in [-0.2, 0) is 0 Å². The maximum atomic E-state index is 10.8. The Bertz CT molecular complexity index is 602. The monoisotopic (exact) mass is 290 g/mol. The summed E-state index contributed by atoms with van der Waals surface area (Å²) in [7, 11) is 0. The lowest BCUT2D eigenvalue weighted by atomic mass is 10.3. The molecule has 21 heavy (non-hydrogen) atoms. The highest BCUT2D eigenvalue weighted by Crippen LogP contribution is 2.31. The van der Waals surface area contributed by atoms with E-state index in [9.17, 15) is 4.79 Å². The summed E-state index contributed by atoms with van der Waals surface area (Å²) in [6, 6.07) is 10.4. The van der Waals surface area contributed by atoms with E-state index >= 15 is 0 Å². The van der Waals surface area contributed by atoms with E-state index in [4.69, 9.17) is 19.0 Å². The van der Waals surface area contributed by atoms with Gasteiger partial charge in [-0.2, -0.15) is 0 Å². The number of para-hydroxylation sites is 2. The minimum Gasteiger partial charge on any atom is -0.490 e. The predicted octanol–water partition coefficient (Wildman–Crippen LogP) is 3.91. The summed E-state index contributed by atoms with van der Waals surface area (Å²) in [4.78, 5) is 10.8. The highest BCUT2D eigenvalue weighted by Gasteiger charge is 2.17. The van der Waals surface area contributed by atoms with Crippen LogP contribution in [0.1, 0.15) is 42.7 Å². The summed E-state index contributed by atoms with van der Waals surface area (Å²) in [5.74, 6) is 0.525. The Labute approximate surface area is 123 Å². The average molecular weight is 290 g/mol. The van der Waals surface area contributed by atoms with Gasteiger partial charge in [-0.3, -0.25) is 0 Å². The van der Waals surface area contributed by atoms with Crippen molar-refractivity contribution in [2.75, 3.05) is 6.61 Å². The van der Waals surface area contributed by atoms with E-state index in [0.717, 1.165) is 6.42 Å². The third kappa shape index (κ3) is 3.78. The Kier molecular flexibility index (Phi) is 4.87. The van der Waals surface area contributed by atoms with E-state index in [2.05, 4.69) is 0 Å². The fourth-order valence-corrected chi connectivity index (χ4v) is 1.81. The molecule has 0 amide bonds. The highest BCUT2D eigenvalue weighted by atomic mass is 16.5. The first-order valence-electron chi connectivity index (χ1n) is 6.83. The molecule has 1 N–H and O–H groups in total. The van der Waals surface area contributed by atoms with Crippen molar-refractivity contribution in [3.05, 3.63) is 47.9 Å². The largest absolute Gasteiger partial charge is 0.490 e. The molecule has 5 heteroatoms. The van der Waals surface area contributed by atoms with Crippen LogP contribution in [0.4, 0.5) is 0 Å². The molecule has 1 atom stereocenters. The minimum atomic E-state index is -1.10. The smallest absolute Gasteiger partial charge is 0.371 e. The van der Waals surface area contributed by atoms with Gasteiger partial charge >= 0.3 is 5.97 Å².